The van der Waals surface area contributed by atoms with Crippen LogP contribution in [0.4, 0.5) is 5.82 Å². The summed E-state index contributed by atoms with van der Waals surface area (Å²) < 4.78 is 0. The third-order valence-electron chi connectivity index (χ3n) is 3.22. The summed E-state index contributed by atoms with van der Waals surface area (Å²) in [6, 6.07) is 8.65. The molecule has 2 aromatic rings. The molecule has 0 unspecified atom stereocenters. The molecule has 0 atom stereocenters. The van der Waals surface area contributed by atoms with Crippen LogP contribution in [0.2, 0.25) is 0 Å². The predicted molar refractivity (Wildman–Crippen MR) is 77.0 cm³/mol. The number of hydrogen-bond donors (Lipinski definition) is 2. The Kier molecular flexibility index (Phi) is 3.16. The number of hydrogen-bond acceptors (Lipinski definition) is 2. The van der Waals surface area contributed by atoms with Crippen molar-refractivity contribution in [1.29, 1.82) is 0 Å². The molecule has 1 aromatic heterocycles. The number of H-pyrrole nitrogens is 1. The second-order valence-electron chi connectivity index (χ2n) is 5.70. The highest BCUT2D eigenvalue weighted by Crippen LogP contribution is 2.29. The molecule has 3 heteroatoms. The van der Waals surface area contributed by atoms with Gasteiger partial charge in [0, 0.05) is 18.7 Å². The Balaban J connectivity index is 2.41. The summed E-state index contributed by atoms with van der Waals surface area (Å²) in [7, 11) is 1.87. The first kappa shape index (κ1) is 12.7. The molecular weight excluding hydrogens is 222 g/mol. The van der Waals surface area contributed by atoms with Crippen LogP contribution in [0.1, 0.15) is 31.9 Å². The number of aromatic nitrogens is 2. The zero-order chi connectivity index (χ0) is 13.3. The van der Waals surface area contributed by atoms with Crippen molar-refractivity contribution in [1.82, 2.24) is 10.2 Å². The molecule has 0 fully saturated rings. The monoisotopic (exact) mass is 243 g/mol. The van der Waals surface area contributed by atoms with E-state index in [-0.39, 0.29) is 5.41 Å². The van der Waals surface area contributed by atoms with Gasteiger partial charge >= 0.3 is 0 Å². The summed E-state index contributed by atoms with van der Waals surface area (Å²) in [6.07, 6.45) is 0. The van der Waals surface area contributed by atoms with Crippen molar-refractivity contribution >= 4 is 5.82 Å². The summed E-state index contributed by atoms with van der Waals surface area (Å²) in [6.45, 7) is 8.84. The standard InChI is InChI=1S/C15H21N3/c1-10-8-11(15(2,3)4)6-7-12(10)13-9-14(16-5)18-17-13/h6-9H,1-5H3,(H2,16,17,18). The van der Waals surface area contributed by atoms with Crippen molar-refractivity contribution in [2.24, 2.45) is 0 Å². The fourth-order valence-electron chi connectivity index (χ4n) is 2.02. The van der Waals surface area contributed by atoms with E-state index in [0.717, 1.165) is 11.5 Å². The second-order valence-corrected chi connectivity index (χ2v) is 5.70. The Morgan fingerprint density at radius 1 is 1.17 bits per heavy atom. The summed E-state index contributed by atoms with van der Waals surface area (Å²) in [5.41, 5.74) is 5.08. The van der Waals surface area contributed by atoms with Gasteiger partial charge in [0.05, 0.1) is 5.69 Å². The molecule has 0 saturated carbocycles. The van der Waals surface area contributed by atoms with Gasteiger partial charge < -0.3 is 5.32 Å². The number of anilines is 1. The highest BCUT2D eigenvalue weighted by Gasteiger charge is 2.15. The largest absolute Gasteiger partial charge is 0.372 e. The van der Waals surface area contributed by atoms with Crippen LogP contribution in [-0.2, 0) is 5.41 Å². The SMILES string of the molecule is CNc1cc(-c2ccc(C(C)(C)C)cc2C)[nH]n1. The molecule has 3 nitrogen and oxygen atoms in total. The van der Waals surface area contributed by atoms with E-state index in [1.54, 1.807) is 0 Å². The maximum Gasteiger partial charge on any atom is 0.148 e. The molecule has 2 rings (SSSR count). The number of nitrogens with one attached hydrogen (secondary N) is 2. The molecule has 1 aromatic carbocycles. The fraction of sp³-hybridized carbons (Fsp3) is 0.400. The molecule has 96 valence electrons. The van der Waals surface area contributed by atoms with Gasteiger partial charge in [-0.1, -0.05) is 39.0 Å². The van der Waals surface area contributed by atoms with E-state index < -0.39 is 0 Å². The quantitative estimate of drug-likeness (QED) is 0.844. The highest BCUT2D eigenvalue weighted by molar-refractivity contribution is 5.66. The Morgan fingerprint density at radius 3 is 2.39 bits per heavy atom. The molecule has 0 aliphatic rings. The van der Waals surface area contributed by atoms with Crippen molar-refractivity contribution in [3.8, 4) is 11.3 Å². The Labute approximate surface area is 109 Å². The maximum atomic E-state index is 4.19. The topological polar surface area (TPSA) is 40.7 Å². The minimum absolute atomic E-state index is 0.188. The molecule has 0 bridgehead atoms. The van der Waals surface area contributed by atoms with E-state index in [0.29, 0.717) is 0 Å². The molecule has 0 saturated heterocycles. The lowest BCUT2D eigenvalue weighted by Gasteiger charge is -2.20. The Bertz CT molecular complexity index is 547. The average Bonchev–Trinajstić information content (AvgIpc) is 2.76. The van der Waals surface area contributed by atoms with Gasteiger partial charge in [-0.15, -0.1) is 0 Å². The summed E-state index contributed by atoms with van der Waals surface area (Å²) in [4.78, 5) is 0. The first-order valence-electron chi connectivity index (χ1n) is 6.26. The normalized spacial score (nSPS) is 11.6. The average molecular weight is 243 g/mol. The van der Waals surface area contributed by atoms with Gasteiger partial charge in [-0.2, -0.15) is 5.10 Å². The molecule has 0 radical (unpaired) electrons. The molecule has 0 amide bonds. The third kappa shape index (κ3) is 2.40. The van der Waals surface area contributed by atoms with E-state index in [9.17, 15) is 0 Å². The lowest BCUT2D eigenvalue weighted by atomic mass is 9.85. The van der Waals surface area contributed by atoms with E-state index in [2.05, 4.69) is 61.4 Å². The van der Waals surface area contributed by atoms with Gasteiger partial charge in [0.15, 0.2) is 0 Å². The van der Waals surface area contributed by atoms with E-state index >= 15 is 0 Å². The number of benzene rings is 1. The van der Waals surface area contributed by atoms with Crippen LogP contribution in [0.5, 0.6) is 0 Å². The Hall–Kier alpha value is -1.77. The van der Waals surface area contributed by atoms with Crippen molar-refractivity contribution in [3.63, 3.8) is 0 Å². The first-order chi connectivity index (χ1) is 8.41. The molecule has 18 heavy (non-hydrogen) atoms. The predicted octanol–water partition coefficient (Wildman–Crippen LogP) is 3.72. The van der Waals surface area contributed by atoms with Crippen LogP contribution >= 0.6 is 0 Å². The van der Waals surface area contributed by atoms with E-state index in [4.69, 9.17) is 0 Å². The molecule has 1 heterocycles. The summed E-state index contributed by atoms with van der Waals surface area (Å²) in [5, 5.41) is 10.3. The van der Waals surface area contributed by atoms with Crippen LogP contribution in [0.25, 0.3) is 11.3 Å². The van der Waals surface area contributed by atoms with Gasteiger partial charge in [0.1, 0.15) is 5.82 Å². The summed E-state index contributed by atoms with van der Waals surface area (Å²) in [5.74, 6) is 0.865. The Morgan fingerprint density at radius 2 is 1.89 bits per heavy atom. The van der Waals surface area contributed by atoms with Crippen molar-refractivity contribution < 1.29 is 0 Å². The van der Waals surface area contributed by atoms with Crippen LogP contribution in [-0.4, -0.2) is 17.2 Å². The van der Waals surface area contributed by atoms with Crippen LogP contribution in [0, 0.1) is 6.92 Å². The number of nitrogens with zero attached hydrogens (tertiary/aromatic N) is 1. The van der Waals surface area contributed by atoms with Gasteiger partial charge in [0.25, 0.3) is 0 Å². The maximum absolute atomic E-state index is 4.19. The first-order valence-corrected chi connectivity index (χ1v) is 6.26. The van der Waals surface area contributed by atoms with Gasteiger partial charge in [-0.25, -0.2) is 0 Å². The lowest BCUT2D eigenvalue weighted by molar-refractivity contribution is 0.590. The summed E-state index contributed by atoms with van der Waals surface area (Å²) >= 11 is 0. The van der Waals surface area contributed by atoms with Crippen LogP contribution in [0.15, 0.2) is 24.3 Å². The number of aromatic amines is 1. The second kappa shape index (κ2) is 4.48. The number of aryl methyl sites for hydroxylation is 1. The lowest BCUT2D eigenvalue weighted by Crippen LogP contribution is -2.11. The zero-order valence-corrected chi connectivity index (χ0v) is 11.8. The molecule has 0 spiro atoms. The molecule has 0 aliphatic carbocycles. The van der Waals surface area contributed by atoms with Gasteiger partial charge in [-0.3, -0.25) is 5.10 Å². The molecular formula is C15H21N3. The van der Waals surface area contributed by atoms with Gasteiger partial charge in [0.2, 0.25) is 0 Å². The van der Waals surface area contributed by atoms with E-state index in [1.165, 1.54) is 16.7 Å². The van der Waals surface area contributed by atoms with Crippen LogP contribution in [0.3, 0.4) is 0 Å². The van der Waals surface area contributed by atoms with Crippen molar-refractivity contribution in [2.75, 3.05) is 12.4 Å². The minimum atomic E-state index is 0.188. The third-order valence-corrected chi connectivity index (χ3v) is 3.22. The minimum Gasteiger partial charge on any atom is -0.372 e. The zero-order valence-electron chi connectivity index (χ0n) is 11.8. The fourth-order valence-corrected chi connectivity index (χ4v) is 2.02. The highest BCUT2D eigenvalue weighted by atomic mass is 15.2. The smallest absolute Gasteiger partial charge is 0.148 e. The number of rotatable bonds is 2. The van der Waals surface area contributed by atoms with Crippen molar-refractivity contribution in [3.05, 3.63) is 35.4 Å². The molecule has 2 N–H and O–H groups in total. The van der Waals surface area contributed by atoms with Crippen molar-refractivity contribution in [2.45, 2.75) is 33.1 Å². The molecule has 0 aliphatic heterocycles. The van der Waals surface area contributed by atoms with E-state index in [1.807, 2.05) is 13.1 Å². The van der Waals surface area contributed by atoms with Crippen LogP contribution < -0.4 is 5.32 Å². The van der Waals surface area contributed by atoms with Gasteiger partial charge in [-0.05, 0) is 23.5 Å².